The first-order chi connectivity index (χ1) is 21.6. The van der Waals surface area contributed by atoms with Crippen molar-refractivity contribution in [3.05, 3.63) is 100 Å². The monoisotopic (exact) mass is 589 g/mol. The predicted octanol–water partition coefficient (Wildman–Crippen LogP) is 11.5. The number of nitro benzene ring substituents is 1. The average molecular weight is 590 g/mol. The molecule has 1 aliphatic carbocycles. The van der Waals surface area contributed by atoms with E-state index in [1.54, 1.807) is 12.3 Å². The van der Waals surface area contributed by atoms with Gasteiger partial charge in [-0.1, -0.05) is 115 Å². The van der Waals surface area contributed by atoms with E-state index in [0.717, 1.165) is 59.5 Å². The van der Waals surface area contributed by atoms with Crippen LogP contribution in [0.2, 0.25) is 0 Å². The Labute approximate surface area is 263 Å². The topological polar surface area (TPSA) is 68.9 Å². The largest absolute Gasteiger partial charge is 0.269 e. The third-order valence-corrected chi connectivity index (χ3v) is 9.44. The van der Waals surface area contributed by atoms with Gasteiger partial charge >= 0.3 is 0 Å². The Kier molecular flexibility index (Phi) is 10.9. The molecule has 0 amide bonds. The van der Waals surface area contributed by atoms with Gasteiger partial charge < -0.3 is 0 Å². The molecule has 2 aromatic carbocycles. The number of pyridine rings is 2. The zero-order valence-corrected chi connectivity index (χ0v) is 26.6. The Morgan fingerprint density at radius 1 is 0.636 bits per heavy atom. The summed E-state index contributed by atoms with van der Waals surface area (Å²) >= 11 is 0. The SMILES string of the molecule is CCCCCCCCC1(CCCCCCCC)c2cc(-c3cccc(-c4ccccn4)n3)ccc2-c2ccc([N+](=O)[O-])cc21. The molecule has 230 valence electrons. The molecule has 5 nitrogen and oxygen atoms in total. The molecule has 1 aliphatic rings. The van der Waals surface area contributed by atoms with Crippen molar-refractivity contribution < 1.29 is 4.92 Å². The molecule has 0 aliphatic heterocycles. The number of unbranched alkanes of at least 4 members (excludes halogenated alkanes) is 10. The Balaban J connectivity index is 1.55. The Morgan fingerprint density at radius 2 is 1.23 bits per heavy atom. The maximum Gasteiger partial charge on any atom is 0.269 e. The molecule has 5 heteroatoms. The third kappa shape index (κ3) is 7.09. The fourth-order valence-corrected chi connectivity index (χ4v) is 7.09. The van der Waals surface area contributed by atoms with E-state index in [4.69, 9.17) is 4.98 Å². The number of hydrogen-bond donors (Lipinski definition) is 0. The first-order valence-electron chi connectivity index (χ1n) is 16.9. The summed E-state index contributed by atoms with van der Waals surface area (Å²) in [6, 6.07) is 24.3. The third-order valence-electron chi connectivity index (χ3n) is 9.44. The minimum atomic E-state index is -0.235. The number of aromatic nitrogens is 2. The molecule has 2 aromatic heterocycles. The van der Waals surface area contributed by atoms with Gasteiger partial charge in [-0.2, -0.15) is 0 Å². The second-order valence-electron chi connectivity index (χ2n) is 12.5. The highest BCUT2D eigenvalue weighted by Gasteiger charge is 2.43. The first kappa shape index (κ1) is 31.6. The maximum absolute atomic E-state index is 12.0. The normalized spacial score (nSPS) is 13.0. The van der Waals surface area contributed by atoms with Crippen molar-refractivity contribution in [2.24, 2.45) is 0 Å². The van der Waals surface area contributed by atoms with E-state index in [2.05, 4.69) is 49.2 Å². The molecule has 0 atom stereocenters. The van der Waals surface area contributed by atoms with Crippen LogP contribution in [-0.4, -0.2) is 14.9 Å². The Morgan fingerprint density at radius 3 is 1.86 bits per heavy atom. The molecular weight excluding hydrogens is 542 g/mol. The quantitative estimate of drug-likeness (QED) is 0.0698. The number of fused-ring (bicyclic) bond motifs is 3. The molecule has 2 heterocycles. The van der Waals surface area contributed by atoms with Crippen LogP contribution in [0.15, 0.2) is 79.0 Å². The number of benzene rings is 2. The summed E-state index contributed by atoms with van der Waals surface area (Å²) in [6.45, 7) is 4.51. The van der Waals surface area contributed by atoms with Gasteiger partial charge in [-0.25, -0.2) is 4.98 Å². The Bertz CT molecular complexity index is 1520. The summed E-state index contributed by atoms with van der Waals surface area (Å²) < 4.78 is 0. The smallest absolute Gasteiger partial charge is 0.258 e. The molecule has 0 saturated heterocycles. The highest BCUT2D eigenvalue weighted by Crippen LogP contribution is 2.55. The van der Waals surface area contributed by atoms with Gasteiger partial charge in [-0.05, 0) is 71.5 Å². The summed E-state index contributed by atoms with van der Waals surface area (Å²) in [4.78, 5) is 21.3. The molecule has 5 rings (SSSR count). The molecule has 44 heavy (non-hydrogen) atoms. The lowest BCUT2D eigenvalue weighted by molar-refractivity contribution is -0.384. The van der Waals surface area contributed by atoms with Crippen LogP contribution in [0.5, 0.6) is 0 Å². The van der Waals surface area contributed by atoms with Gasteiger partial charge in [0, 0.05) is 29.3 Å². The van der Waals surface area contributed by atoms with Gasteiger partial charge in [0.15, 0.2) is 0 Å². The first-order valence-corrected chi connectivity index (χ1v) is 16.9. The second kappa shape index (κ2) is 15.2. The van der Waals surface area contributed by atoms with E-state index >= 15 is 0 Å². The van der Waals surface area contributed by atoms with E-state index in [1.807, 2.05) is 36.4 Å². The average Bonchev–Trinajstić information content (AvgIpc) is 3.33. The van der Waals surface area contributed by atoms with E-state index in [0.29, 0.717) is 0 Å². The molecule has 0 spiro atoms. The molecule has 0 radical (unpaired) electrons. The molecule has 0 unspecified atom stereocenters. The van der Waals surface area contributed by atoms with Gasteiger partial charge in [0.2, 0.25) is 0 Å². The minimum absolute atomic E-state index is 0.191. The van der Waals surface area contributed by atoms with Crippen molar-refractivity contribution >= 4 is 5.69 Å². The van der Waals surface area contributed by atoms with Crippen molar-refractivity contribution in [3.8, 4) is 33.8 Å². The number of nitrogens with zero attached hydrogens (tertiary/aromatic N) is 3. The van der Waals surface area contributed by atoms with Crippen LogP contribution in [0.25, 0.3) is 33.8 Å². The summed E-state index contributed by atoms with van der Waals surface area (Å²) in [5.41, 5.74) is 8.51. The van der Waals surface area contributed by atoms with Crippen molar-refractivity contribution in [2.45, 2.75) is 109 Å². The van der Waals surface area contributed by atoms with Crippen LogP contribution < -0.4 is 0 Å². The zero-order valence-electron chi connectivity index (χ0n) is 26.6. The van der Waals surface area contributed by atoms with Gasteiger partial charge in [0.1, 0.15) is 0 Å². The van der Waals surface area contributed by atoms with Crippen LogP contribution in [-0.2, 0) is 5.41 Å². The van der Waals surface area contributed by atoms with E-state index < -0.39 is 0 Å². The molecule has 0 N–H and O–H groups in total. The van der Waals surface area contributed by atoms with E-state index in [9.17, 15) is 10.1 Å². The van der Waals surface area contributed by atoms with Crippen LogP contribution in [0, 0.1) is 10.1 Å². The summed E-state index contributed by atoms with van der Waals surface area (Å²) in [7, 11) is 0. The number of non-ortho nitro benzene ring substituents is 1. The number of rotatable bonds is 17. The molecule has 0 fully saturated rings. The van der Waals surface area contributed by atoms with Crippen molar-refractivity contribution in [1.29, 1.82) is 0 Å². The van der Waals surface area contributed by atoms with Gasteiger partial charge in [0.25, 0.3) is 5.69 Å². The van der Waals surface area contributed by atoms with Crippen LogP contribution in [0.4, 0.5) is 5.69 Å². The van der Waals surface area contributed by atoms with Crippen molar-refractivity contribution in [2.75, 3.05) is 0 Å². The van der Waals surface area contributed by atoms with Crippen molar-refractivity contribution in [3.63, 3.8) is 0 Å². The summed E-state index contributed by atoms with van der Waals surface area (Å²) in [5.74, 6) is 0. The summed E-state index contributed by atoms with van der Waals surface area (Å²) in [5, 5.41) is 12.0. The standard InChI is InChI=1S/C39H47N3O2/c1-3-5-7-9-11-14-25-39(26-15-12-10-8-6-4-2)34-28-30(36-19-17-20-38(41-36)37-18-13-16-27-40-37)21-23-32(34)33-24-22-31(42(43)44)29-35(33)39/h13,16-24,27-29H,3-12,14-15,25-26H2,1-2H3. The highest BCUT2D eigenvalue weighted by molar-refractivity contribution is 5.84. The predicted molar refractivity (Wildman–Crippen MR) is 182 cm³/mol. The lowest BCUT2D eigenvalue weighted by atomic mass is 9.70. The van der Waals surface area contributed by atoms with Crippen LogP contribution >= 0.6 is 0 Å². The lowest BCUT2D eigenvalue weighted by Crippen LogP contribution is -2.25. The fourth-order valence-electron chi connectivity index (χ4n) is 7.09. The van der Waals surface area contributed by atoms with Crippen LogP contribution in [0.3, 0.4) is 0 Å². The van der Waals surface area contributed by atoms with E-state index in [-0.39, 0.29) is 16.0 Å². The highest BCUT2D eigenvalue weighted by atomic mass is 16.6. The van der Waals surface area contributed by atoms with Crippen molar-refractivity contribution in [1.82, 2.24) is 9.97 Å². The van der Waals surface area contributed by atoms with Gasteiger partial charge in [0.05, 0.1) is 22.0 Å². The molecule has 0 bridgehead atoms. The van der Waals surface area contributed by atoms with Gasteiger partial charge in [-0.15, -0.1) is 0 Å². The summed E-state index contributed by atoms with van der Waals surface area (Å²) in [6.07, 6.45) is 18.6. The van der Waals surface area contributed by atoms with E-state index in [1.165, 1.54) is 75.3 Å². The fraction of sp³-hybridized carbons (Fsp3) is 0.436. The van der Waals surface area contributed by atoms with Crippen LogP contribution in [0.1, 0.15) is 115 Å². The second-order valence-corrected chi connectivity index (χ2v) is 12.5. The number of hydrogen-bond acceptors (Lipinski definition) is 4. The Hall–Kier alpha value is -3.86. The van der Waals surface area contributed by atoms with Gasteiger partial charge in [-0.3, -0.25) is 15.1 Å². The lowest BCUT2D eigenvalue weighted by Gasteiger charge is -2.33. The molecular formula is C39H47N3O2. The molecule has 0 saturated carbocycles. The number of nitro groups is 1. The zero-order chi connectivity index (χ0) is 30.8. The minimum Gasteiger partial charge on any atom is -0.258 e. The maximum atomic E-state index is 12.0. The molecule has 4 aromatic rings.